The van der Waals surface area contributed by atoms with Crippen LogP contribution in [0.4, 0.5) is 5.95 Å². The molecule has 0 amide bonds. The second-order valence-corrected chi connectivity index (χ2v) is 7.17. The molecule has 0 bridgehead atoms. The van der Waals surface area contributed by atoms with E-state index in [1.165, 1.54) is 11.1 Å². The van der Waals surface area contributed by atoms with E-state index in [0.29, 0.717) is 17.5 Å². The molecular weight excluding hydrogens is 350 g/mol. The van der Waals surface area contributed by atoms with Gasteiger partial charge in [0.05, 0.1) is 23.0 Å². The van der Waals surface area contributed by atoms with E-state index in [1.54, 1.807) is 23.1 Å². The molecule has 4 rings (SSSR count). The van der Waals surface area contributed by atoms with Crippen molar-refractivity contribution in [2.24, 2.45) is 0 Å². The van der Waals surface area contributed by atoms with Crippen LogP contribution in [0.1, 0.15) is 42.1 Å². The summed E-state index contributed by atoms with van der Waals surface area (Å²) in [6, 6.07) is 10.1. The molecule has 0 saturated heterocycles. The van der Waals surface area contributed by atoms with Crippen molar-refractivity contribution in [3.05, 3.63) is 74.9 Å². The Kier molecular flexibility index (Phi) is 4.51. The number of hydrogen-bond donors (Lipinski definition) is 2. The van der Waals surface area contributed by atoms with E-state index in [9.17, 15) is 4.79 Å². The molecule has 26 heavy (non-hydrogen) atoms. The molecule has 0 spiro atoms. The van der Waals surface area contributed by atoms with Crippen LogP contribution in [-0.4, -0.2) is 19.7 Å². The standard InChI is InChI=1S/C19H20ClN5O/c1-12(10-25-11-14(20)9-21-25)17-8-18(26)24-19(23-17)22-16-7-6-13-4-2-3-5-15(13)16/h2-5,8-9,11-12,16H,6-7,10H2,1H3,(H2,22,23,24,26)/t12-,16+/m1/s1. The van der Waals surface area contributed by atoms with Crippen molar-refractivity contribution in [3.8, 4) is 0 Å². The highest BCUT2D eigenvalue weighted by Gasteiger charge is 2.22. The van der Waals surface area contributed by atoms with Crippen LogP contribution in [0.3, 0.4) is 0 Å². The van der Waals surface area contributed by atoms with Gasteiger partial charge in [0.1, 0.15) is 0 Å². The molecule has 2 N–H and O–H groups in total. The number of fused-ring (bicyclic) bond motifs is 1. The van der Waals surface area contributed by atoms with Gasteiger partial charge in [-0.15, -0.1) is 0 Å². The number of aryl methyl sites for hydroxylation is 1. The van der Waals surface area contributed by atoms with Crippen LogP contribution in [0.5, 0.6) is 0 Å². The fourth-order valence-electron chi connectivity index (χ4n) is 3.48. The van der Waals surface area contributed by atoms with E-state index in [2.05, 4.69) is 38.6 Å². The van der Waals surface area contributed by atoms with Gasteiger partial charge in [-0.2, -0.15) is 5.10 Å². The van der Waals surface area contributed by atoms with E-state index < -0.39 is 0 Å². The van der Waals surface area contributed by atoms with Crippen molar-refractivity contribution >= 4 is 17.5 Å². The molecule has 1 aliphatic rings. The maximum Gasteiger partial charge on any atom is 0.252 e. The first-order valence-corrected chi connectivity index (χ1v) is 9.10. The lowest BCUT2D eigenvalue weighted by Gasteiger charge is -2.16. The minimum atomic E-state index is -0.158. The van der Waals surface area contributed by atoms with Crippen LogP contribution >= 0.6 is 11.6 Å². The average Bonchev–Trinajstić information content (AvgIpc) is 3.21. The molecule has 2 atom stereocenters. The van der Waals surface area contributed by atoms with E-state index in [-0.39, 0.29) is 17.5 Å². The normalized spacial score (nSPS) is 17.1. The summed E-state index contributed by atoms with van der Waals surface area (Å²) in [5, 5.41) is 8.18. The van der Waals surface area contributed by atoms with Crippen molar-refractivity contribution < 1.29 is 0 Å². The Labute approximate surface area is 156 Å². The van der Waals surface area contributed by atoms with Gasteiger partial charge in [0.15, 0.2) is 0 Å². The SMILES string of the molecule is C[C@H](Cn1cc(Cl)cn1)c1cc(=O)[nH]c(N[C@H]2CCc3ccccc32)n1. The Morgan fingerprint density at radius 3 is 3.08 bits per heavy atom. The summed E-state index contributed by atoms with van der Waals surface area (Å²) in [5.74, 6) is 0.546. The molecule has 7 heteroatoms. The molecule has 6 nitrogen and oxygen atoms in total. The van der Waals surface area contributed by atoms with Gasteiger partial charge in [-0.25, -0.2) is 4.98 Å². The first-order chi connectivity index (χ1) is 12.6. The number of nitrogens with one attached hydrogen (secondary N) is 2. The average molecular weight is 370 g/mol. The van der Waals surface area contributed by atoms with Crippen LogP contribution in [0.15, 0.2) is 47.5 Å². The fraction of sp³-hybridized carbons (Fsp3) is 0.316. The first kappa shape index (κ1) is 16.8. The second-order valence-electron chi connectivity index (χ2n) is 6.73. The van der Waals surface area contributed by atoms with E-state index in [4.69, 9.17) is 11.6 Å². The Morgan fingerprint density at radius 1 is 1.42 bits per heavy atom. The van der Waals surface area contributed by atoms with Crippen LogP contribution in [0.25, 0.3) is 0 Å². The van der Waals surface area contributed by atoms with Gasteiger partial charge < -0.3 is 5.32 Å². The molecule has 3 aromatic rings. The summed E-state index contributed by atoms with van der Waals surface area (Å²) in [4.78, 5) is 19.6. The molecule has 0 aliphatic heterocycles. The van der Waals surface area contributed by atoms with Gasteiger partial charge in [-0.1, -0.05) is 42.8 Å². The smallest absolute Gasteiger partial charge is 0.252 e. The lowest BCUT2D eigenvalue weighted by molar-refractivity contribution is 0.533. The number of benzene rings is 1. The van der Waals surface area contributed by atoms with E-state index in [1.807, 2.05) is 13.0 Å². The summed E-state index contributed by atoms with van der Waals surface area (Å²) in [6.45, 7) is 2.63. The maximum atomic E-state index is 12.1. The molecule has 134 valence electrons. The van der Waals surface area contributed by atoms with E-state index in [0.717, 1.165) is 18.5 Å². The number of aromatic amines is 1. The van der Waals surface area contributed by atoms with Gasteiger partial charge in [0, 0.05) is 24.7 Å². The molecule has 0 fully saturated rings. The first-order valence-electron chi connectivity index (χ1n) is 8.72. The topological polar surface area (TPSA) is 75.6 Å². The number of rotatable bonds is 5. The Balaban J connectivity index is 1.54. The van der Waals surface area contributed by atoms with Crippen molar-refractivity contribution in [3.63, 3.8) is 0 Å². The highest BCUT2D eigenvalue weighted by molar-refractivity contribution is 6.30. The van der Waals surface area contributed by atoms with Gasteiger partial charge in [0.25, 0.3) is 5.56 Å². The van der Waals surface area contributed by atoms with Gasteiger partial charge in [0.2, 0.25) is 5.95 Å². The largest absolute Gasteiger partial charge is 0.349 e. The summed E-state index contributed by atoms with van der Waals surface area (Å²) in [6.07, 6.45) is 5.40. The molecule has 2 heterocycles. The summed E-state index contributed by atoms with van der Waals surface area (Å²) in [5.41, 5.74) is 3.20. The molecule has 0 radical (unpaired) electrons. The molecule has 1 aliphatic carbocycles. The summed E-state index contributed by atoms with van der Waals surface area (Å²) >= 11 is 5.91. The summed E-state index contributed by atoms with van der Waals surface area (Å²) in [7, 11) is 0. The zero-order chi connectivity index (χ0) is 18.1. The highest BCUT2D eigenvalue weighted by Crippen LogP contribution is 2.32. The lowest BCUT2D eigenvalue weighted by atomic mass is 10.1. The zero-order valence-corrected chi connectivity index (χ0v) is 15.2. The predicted molar refractivity (Wildman–Crippen MR) is 102 cm³/mol. The Hall–Kier alpha value is -2.60. The molecule has 2 aromatic heterocycles. The lowest BCUT2D eigenvalue weighted by Crippen LogP contribution is -2.18. The number of anilines is 1. The van der Waals surface area contributed by atoms with Crippen LogP contribution in [0, 0.1) is 0 Å². The maximum absolute atomic E-state index is 12.1. The Morgan fingerprint density at radius 2 is 2.27 bits per heavy atom. The third-order valence-electron chi connectivity index (χ3n) is 4.77. The highest BCUT2D eigenvalue weighted by atomic mass is 35.5. The zero-order valence-electron chi connectivity index (χ0n) is 14.4. The number of hydrogen-bond acceptors (Lipinski definition) is 4. The minimum absolute atomic E-state index is 0.0321. The summed E-state index contributed by atoms with van der Waals surface area (Å²) < 4.78 is 1.76. The monoisotopic (exact) mass is 369 g/mol. The minimum Gasteiger partial charge on any atom is -0.349 e. The second kappa shape index (κ2) is 6.96. The van der Waals surface area contributed by atoms with Crippen LogP contribution in [0.2, 0.25) is 5.02 Å². The molecule has 0 saturated carbocycles. The third kappa shape index (κ3) is 3.51. The number of aromatic nitrogens is 4. The quantitative estimate of drug-likeness (QED) is 0.721. The molecule has 1 aromatic carbocycles. The van der Waals surface area contributed by atoms with Gasteiger partial charge in [-0.3, -0.25) is 14.5 Å². The number of nitrogens with zero attached hydrogens (tertiary/aromatic N) is 3. The molecular formula is C19H20ClN5O. The molecule has 0 unspecified atom stereocenters. The third-order valence-corrected chi connectivity index (χ3v) is 4.97. The van der Waals surface area contributed by atoms with Gasteiger partial charge in [-0.05, 0) is 24.0 Å². The van der Waals surface area contributed by atoms with Crippen molar-refractivity contribution in [1.29, 1.82) is 0 Å². The number of halogens is 1. The van der Waals surface area contributed by atoms with Crippen molar-refractivity contribution in [2.45, 2.75) is 38.3 Å². The van der Waals surface area contributed by atoms with Crippen LogP contribution in [-0.2, 0) is 13.0 Å². The fourth-order valence-corrected chi connectivity index (χ4v) is 3.64. The predicted octanol–water partition coefficient (Wildman–Crippen LogP) is 3.52. The Bertz CT molecular complexity index is 980. The van der Waals surface area contributed by atoms with E-state index >= 15 is 0 Å². The van der Waals surface area contributed by atoms with Crippen molar-refractivity contribution in [1.82, 2.24) is 19.7 Å². The van der Waals surface area contributed by atoms with Gasteiger partial charge >= 0.3 is 0 Å². The van der Waals surface area contributed by atoms with Crippen LogP contribution < -0.4 is 10.9 Å². The van der Waals surface area contributed by atoms with Crippen molar-refractivity contribution in [2.75, 3.05) is 5.32 Å². The number of H-pyrrole nitrogens is 1.